The molecule has 2 rings (SSSR count). The number of aliphatic hydroxyl groups excluding tert-OH is 1. The van der Waals surface area contributed by atoms with Crippen molar-refractivity contribution in [3.8, 4) is 10.8 Å². The maximum atomic E-state index is 11.5. The molecule has 1 amide bonds. The minimum absolute atomic E-state index is 0.101. The van der Waals surface area contributed by atoms with Gasteiger partial charge in [-0.15, -0.1) is 0 Å². The molecular formula is C11H14BrNO2. The maximum absolute atomic E-state index is 11.5. The summed E-state index contributed by atoms with van der Waals surface area (Å²) in [5.41, 5.74) is 0. The molecule has 0 aromatic heterocycles. The number of rotatable bonds is 0. The predicted molar refractivity (Wildman–Crippen MR) is 60.1 cm³/mol. The molecule has 4 heteroatoms. The molecule has 2 aliphatic rings. The summed E-state index contributed by atoms with van der Waals surface area (Å²) in [4.78, 5) is 15.8. The summed E-state index contributed by atoms with van der Waals surface area (Å²) in [6, 6.07) is 0. The fourth-order valence-electron chi connectivity index (χ4n) is 2.69. The van der Waals surface area contributed by atoms with Crippen molar-refractivity contribution in [3.05, 3.63) is 0 Å². The van der Waals surface area contributed by atoms with E-state index in [4.69, 9.17) is 0 Å². The molecule has 1 aliphatic carbocycles. The SMILES string of the molecule is O=C(C#CBr)N1CC2CCC(O)CC2C1. The Morgan fingerprint density at radius 1 is 1.33 bits per heavy atom. The molecule has 0 bridgehead atoms. The summed E-state index contributed by atoms with van der Waals surface area (Å²) in [6.45, 7) is 1.58. The largest absolute Gasteiger partial charge is 0.393 e. The molecule has 2 fully saturated rings. The highest BCUT2D eigenvalue weighted by molar-refractivity contribution is 9.12. The fourth-order valence-corrected chi connectivity index (χ4v) is 2.86. The number of hydrogen-bond donors (Lipinski definition) is 1. The molecule has 1 N–H and O–H groups in total. The third kappa shape index (κ3) is 2.35. The minimum Gasteiger partial charge on any atom is -0.393 e. The van der Waals surface area contributed by atoms with Crippen molar-refractivity contribution in [2.45, 2.75) is 25.4 Å². The van der Waals surface area contributed by atoms with Crippen LogP contribution in [-0.2, 0) is 4.79 Å². The monoisotopic (exact) mass is 271 g/mol. The molecule has 1 heterocycles. The quantitative estimate of drug-likeness (QED) is 0.667. The first-order valence-electron chi connectivity index (χ1n) is 5.29. The molecule has 3 atom stereocenters. The highest BCUT2D eigenvalue weighted by atomic mass is 79.9. The zero-order valence-electron chi connectivity index (χ0n) is 8.45. The van der Waals surface area contributed by atoms with Crippen LogP contribution in [0.1, 0.15) is 19.3 Å². The molecule has 0 spiro atoms. The van der Waals surface area contributed by atoms with Crippen molar-refractivity contribution >= 4 is 21.8 Å². The van der Waals surface area contributed by atoms with Crippen LogP contribution in [0.2, 0.25) is 0 Å². The maximum Gasteiger partial charge on any atom is 0.299 e. The number of amides is 1. The molecule has 1 saturated heterocycles. The van der Waals surface area contributed by atoms with E-state index in [1.165, 1.54) is 0 Å². The van der Waals surface area contributed by atoms with Crippen LogP contribution < -0.4 is 0 Å². The molecule has 0 aromatic rings. The summed E-state index contributed by atoms with van der Waals surface area (Å²) >= 11 is 2.93. The lowest BCUT2D eigenvalue weighted by atomic mass is 9.80. The first kappa shape index (κ1) is 11.0. The van der Waals surface area contributed by atoms with Crippen molar-refractivity contribution in [1.29, 1.82) is 0 Å². The minimum atomic E-state index is -0.163. The van der Waals surface area contributed by atoms with Gasteiger partial charge in [0, 0.05) is 34.9 Å². The molecular weight excluding hydrogens is 258 g/mol. The van der Waals surface area contributed by atoms with E-state index in [9.17, 15) is 9.90 Å². The van der Waals surface area contributed by atoms with Crippen LogP contribution in [-0.4, -0.2) is 35.1 Å². The molecule has 82 valence electrons. The Balaban J connectivity index is 1.98. The van der Waals surface area contributed by atoms with E-state index >= 15 is 0 Å². The van der Waals surface area contributed by atoms with Crippen molar-refractivity contribution in [1.82, 2.24) is 4.90 Å². The predicted octanol–water partition coefficient (Wildman–Crippen LogP) is 0.962. The number of fused-ring (bicyclic) bond motifs is 1. The van der Waals surface area contributed by atoms with Crippen molar-refractivity contribution in [2.24, 2.45) is 11.8 Å². The van der Waals surface area contributed by atoms with Crippen LogP contribution >= 0.6 is 15.9 Å². The molecule has 3 nitrogen and oxygen atoms in total. The van der Waals surface area contributed by atoms with Gasteiger partial charge in [-0.3, -0.25) is 4.79 Å². The van der Waals surface area contributed by atoms with Gasteiger partial charge in [0.1, 0.15) is 0 Å². The Kier molecular flexibility index (Phi) is 3.32. The number of halogens is 1. The average Bonchev–Trinajstić information content (AvgIpc) is 2.60. The van der Waals surface area contributed by atoms with E-state index in [0.29, 0.717) is 11.8 Å². The number of carbonyl (C=O) groups is 1. The van der Waals surface area contributed by atoms with Crippen LogP contribution in [0, 0.1) is 22.6 Å². The zero-order chi connectivity index (χ0) is 10.8. The number of hydrogen-bond acceptors (Lipinski definition) is 2. The zero-order valence-corrected chi connectivity index (χ0v) is 10.0. The number of likely N-dealkylation sites (tertiary alicyclic amines) is 1. The van der Waals surface area contributed by atoms with Gasteiger partial charge in [-0.1, -0.05) is 0 Å². The van der Waals surface area contributed by atoms with Gasteiger partial charge in [-0.05, 0) is 35.9 Å². The second kappa shape index (κ2) is 4.54. The summed E-state index contributed by atoms with van der Waals surface area (Å²) < 4.78 is 0. The van der Waals surface area contributed by atoms with Crippen molar-refractivity contribution < 1.29 is 9.90 Å². The Bertz CT molecular complexity index is 320. The number of carbonyl (C=O) groups excluding carboxylic acids is 1. The van der Waals surface area contributed by atoms with Crippen LogP contribution in [0.25, 0.3) is 0 Å². The fraction of sp³-hybridized carbons (Fsp3) is 0.727. The van der Waals surface area contributed by atoms with Gasteiger partial charge in [-0.25, -0.2) is 0 Å². The third-order valence-electron chi connectivity index (χ3n) is 3.46. The first-order valence-corrected chi connectivity index (χ1v) is 6.08. The van der Waals surface area contributed by atoms with Crippen LogP contribution in [0.3, 0.4) is 0 Å². The molecule has 1 aliphatic heterocycles. The van der Waals surface area contributed by atoms with Crippen LogP contribution in [0.4, 0.5) is 0 Å². The van der Waals surface area contributed by atoms with E-state index in [2.05, 4.69) is 26.7 Å². The molecule has 1 saturated carbocycles. The molecule has 0 aromatic carbocycles. The van der Waals surface area contributed by atoms with E-state index in [-0.39, 0.29) is 12.0 Å². The second-order valence-electron chi connectivity index (χ2n) is 4.42. The van der Waals surface area contributed by atoms with E-state index < -0.39 is 0 Å². The van der Waals surface area contributed by atoms with Gasteiger partial charge in [-0.2, -0.15) is 0 Å². The summed E-state index contributed by atoms with van der Waals surface area (Å²) in [5, 5.41) is 9.55. The highest BCUT2D eigenvalue weighted by Gasteiger charge is 2.38. The second-order valence-corrected chi connectivity index (χ2v) is 4.81. The lowest BCUT2D eigenvalue weighted by Gasteiger charge is -2.27. The van der Waals surface area contributed by atoms with Gasteiger partial charge in [0.05, 0.1) is 6.10 Å². The lowest BCUT2D eigenvalue weighted by molar-refractivity contribution is -0.124. The Hall–Kier alpha value is -0.530. The highest BCUT2D eigenvalue weighted by Crippen LogP contribution is 2.36. The number of aliphatic hydroxyl groups is 1. The van der Waals surface area contributed by atoms with Gasteiger partial charge in [0.25, 0.3) is 5.91 Å². The van der Waals surface area contributed by atoms with Crippen LogP contribution in [0.15, 0.2) is 0 Å². The Morgan fingerprint density at radius 3 is 2.80 bits per heavy atom. The summed E-state index contributed by atoms with van der Waals surface area (Å²) in [5.74, 6) is 3.46. The van der Waals surface area contributed by atoms with E-state index in [1.54, 1.807) is 0 Å². The van der Waals surface area contributed by atoms with E-state index in [0.717, 1.165) is 32.4 Å². The standard InChI is InChI=1S/C11H14BrNO2/c12-4-3-11(15)13-6-8-1-2-10(14)5-9(8)7-13/h8-10,14H,1-2,5-7H2. The summed E-state index contributed by atoms with van der Waals surface area (Å²) in [7, 11) is 0. The lowest BCUT2D eigenvalue weighted by Crippen LogP contribution is -2.27. The molecule has 15 heavy (non-hydrogen) atoms. The van der Waals surface area contributed by atoms with Crippen molar-refractivity contribution in [3.63, 3.8) is 0 Å². The topological polar surface area (TPSA) is 40.5 Å². The first-order chi connectivity index (χ1) is 7.20. The molecule has 3 unspecified atom stereocenters. The number of nitrogens with zero attached hydrogens (tertiary/aromatic N) is 1. The van der Waals surface area contributed by atoms with Gasteiger partial charge in [0.2, 0.25) is 0 Å². The molecule has 0 radical (unpaired) electrons. The third-order valence-corrected chi connectivity index (χ3v) is 3.66. The van der Waals surface area contributed by atoms with Crippen molar-refractivity contribution in [2.75, 3.05) is 13.1 Å². The van der Waals surface area contributed by atoms with Gasteiger partial charge in [0.15, 0.2) is 0 Å². The van der Waals surface area contributed by atoms with Gasteiger partial charge >= 0.3 is 0 Å². The summed E-state index contributed by atoms with van der Waals surface area (Å²) in [6.07, 6.45) is 2.60. The van der Waals surface area contributed by atoms with E-state index in [1.807, 2.05) is 4.90 Å². The Morgan fingerprint density at radius 2 is 2.07 bits per heavy atom. The van der Waals surface area contributed by atoms with Gasteiger partial charge < -0.3 is 10.0 Å². The van der Waals surface area contributed by atoms with Crippen LogP contribution in [0.5, 0.6) is 0 Å². The normalized spacial score (nSPS) is 34.3. The average molecular weight is 272 g/mol. The smallest absolute Gasteiger partial charge is 0.299 e. The Labute approximate surface area is 98.0 Å².